The molecular formula is C19H23N3O2. The van der Waals surface area contributed by atoms with E-state index in [-0.39, 0.29) is 5.91 Å². The predicted molar refractivity (Wildman–Crippen MR) is 93.3 cm³/mol. The van der Waals surface area contributed by atoms with Crippen molar-refractivity contribution >= 4 is 12.0 Å². The van der Waals surface area contributed by atoms with Crippen molar-refractivity contribution in [2.75, 3.05) is 26.2 Å². The van der Waals surface area contributed by atoms with Crippen LogP contribution in [0.15, 0.2) is 40.9 Å². The van der Waals surface area contributed by atoms with E-state index >= 15 is 0 Å². The fourth-order valence-corrected chi connectivity index (χ4v) is 2.88. The van der Waals surface area contributed by atoms with E-state index in [1.807, 2.05) is 36.1 Å². The Morgan fingerprint density at radius 1 is 1.21 bits per heavy atom. The van der Waals surface area contributed by atoms with E-state index in [1.165, 1.54) is 5.56 Å². The van der Waals surface area contributed by atoms with Gasteiger partial charge in [0.2, 0.25) is 5.91 Å². The molecule has 0 atom stereocenters. The maximum absolute atomic E-state index is 12.3. The molecular weight excluding hydrogens is 302 g/mol. The first kappa shape index (κ1) is 16.5. The fourth-order valence-electron chi connectivity index (χ4n) is 2.88. The van der Waals surface area contributed by atoms with E-state index in [0.717, 1.165) is 49.7 Å². The number of piperazine rings is 1. The van der Waals surface area contributed by atoms with E-state index < -0.39 is 0 Å². The zero-order valence-electron chi connectivity index (χ0n) is 14.2. The molecule has 5 heteroatoms. The van der Waals surface area contributed by atoms with Gasteiger partial charge in [0.25, 0.3) is 0 Å². The molecule has 0 radical (unpaired) electrons. The number of hydrogen-bond donors (Lipinski definition) is 0. The second-order valence-corrected chi connectivity index (χ2v) is 6.28. The van der Waals surface area contributed by atoms with Gasteiger partial charge >= 0.3 is 0 Å². The second-order valence-electron chi connectivity index (χ2n) is 6.28. The highest BCUT2D eigenvalue weighted by molar-refractivity contribution is 5.91. The lowest BCUT2D eigenvalue weighted by atomic mass is 10.1. The van der Waals surface area contributed by atoms with Gasteiger partial charge in [-0.3, -0.25) is 9.69 Å². The molecule has 0 aliphatic carbocycles. The van der Waals surface area contributed by atoms with E-state index in [4.69, 9.17) is 4.52 Å². The first-order valence-electron chi connectivity index (χ1n) is 8.28. The van der Waals surface area contributed by atoms with Crippen molar-refractivity contribution in [1.29, 1.82) is 0 Å². The van der Waals surface area contributed by atoms with Gasteiger partial charge in [0.1, 0.15) is 0 Å². The average molecular weight is 325 g/mol. The molecule has 1 aromatic carbocycles. The summed E-state index contributed by atoms with van der Waals surface area (Å²) in [7, 11) is 0. The van der Waals surface area contributed by atoms with E-state index in [0.29, 0.717) is 0 Å². The molecule has 1 aliphatic rings. The third-order valence-corrected chi connectivity index (χ3v) is 4.20. The molecule has 0 bridgehead atoms. The smallest absolute Gasteiger partial charge is 0.246 e. The summed E-state index contributed by atoms with van der Waals surface area (Å²) in [4.78, 5) is 16.5. The highest BCUT2D eigenvalue weighted by Crippen LogP contribution is 2.11. The highest BCUT2D eigenvalue weighted by Gasteiger charge is 2.20. The zero-order valence-corrected chi connectivity index (χ0v) is 14.2. The second kappa shape index (κ2) is 7.45. The van der Waals surface area contributed by atoms with E-state index in [9.17, 15) is 4.79 Å². The summed E-state index contributed by atoms with van der Waals surface area (Å²) in [5.74, 6) is 0.957. The maximum Gasteiger partial charge on any atom is 0.246 e. The number of hydrogen-bond acceptors (Lipinski definition) is 4. The van der Waals surface area contributed by atoms with Gasteiger partial charge in [-0.25, -0.2) is 0 Å². The van der Waals surface area contributed by atoms with Crippen LogP contribution in [0, 0.1) is 13.8 Å². The molecule has 0 unspecified atom stereocenters. The number of benzene rings is 1. The summed E-state index contributed by atoms with van der Waals surface area (Å²) in [5, 5.41) is 3.91. The molecule has 5 nitrogen and oxygen atoms in total. The van der Waals surface area contributed by atoms with E-state index in [1.54, 1.807) is 6.08 Å². The van der Waals surface area contributed by atoms with Gasteiger partial charge in [-0.15, -0.1) is 0 Å². The van der Waals surface area contributed by atoms with Crippen LogP contribution in [0.25, 0.3) is 6.08 Å². The lowest BCUT2D eigenvalue weighted by molar-refractivity contribution is -0.127. The lowest BCUT2D eigenvalue weighted by Crippen LogP contribution is -2.47. The number of aryl methyl sites for hydroxylation is 2. The van der Waals surface area contributed by atoms with Gasteiger partial charge in [0.15, 0.2) is 5.76 Å². The van der Waals surface area contributed by atoms with Crippen LogP contribution in [0.1, 0.15) is 22.6 Å². The molecule has 126 valence electrons. The van der Waals surface area contributed by atoms with E-state index in [2.05, 4.69) is 29.1 Å². The van der Waals surface area contributed by atoms with Crippen LogP contribution in [-0.4, -0.2) is 47.0 Å². The molecule has 2 heterocycles. The molecule has 1 aromatic heterocycles. The van der Waals surface area contributed by atoms with Crippen molar-refractivity contribution in [2.45, 2.75) is 20.4 Å². The minimum absolute atomic E-state index is 0.0756. The van der Waals surface area contributed by atoms with Crippen molar-refractivity contribution in [2.24, 2.45) is 0 Å². The van der Waals surface area contributed by atoms with Crippen LogP contribution in [0.3, 0.4) is 0 Å². The monoisotopic (exact) mass is 325 g/mol. The van der Waals surface area contributed by atoms with Crippen LogP contribution in [0.2, 0.25) is 0 Å². The van der Waals surface area contributed by atoms with Crippen molar-refractivity contribution in [1.82, 2.24) is 15.0 Å². The minimum Gasteiger partial charge on any atom is -0.360 e. The van der Waals surface area contributed by atoms with Crippen LogP contribution in [-0.2, 0) is 11.3 Å². The Morgan fingerprint density at radius 2 is 2.00 bits per heavy atom. The average Bonchev–Trinajstić information content (AvgIpc) is 2.98. The third-order valence-electron chi connectivity index (χ3n) is 4.20. The lowest BCUT2D eigenvalue weighted by Gasteiger charge is -2.33. The van der Waals surface area contributed by atoms with Crippen molar-refractivity contribution in [3.63, 3.8) is 0 Å². The fraction of sp³-hybridized carbons (Fsp3) is 0.368. The molecule has 24 heavy (non-hydrogen) atoms. The van der Waals surface area contributed by atoms with Crippen molar-refractivity contribution in [3.05, 3.63) is 59.0 Å². The normalized spacial score (nSPS) is 16.0. The molecule has 1 aliphatic heterocycles. The Kier molecular flexibility index (Phi) is 5.11. The molecule has 1 fully saturated rings. The largest absolute Gasteiger partial charge is 0.360 e. The third kappa shape index (κ3) is 4.32. The summed E-state index contributed by atoms with van der Waals surface area (Å²) in [6.45, 7) is 7.91. The Bertz CT molecular complexity index is 728. The minimum atomic E-state index is 0.0756. The number of amides is 1. The number of nitrogens with zero attached hydrogens (tertiary/aromatic N) is 3. The van der Waals surface area contributed by atoms with Crippen molar-refractivity contribution < 1.29 is 9.32 Å². The number of rotatable bonds is 4. The number of carbonyl (C=O) groups excluding carboxylic acids is 1. The Hall–Kier alpha value is -2.40. The van der Waals surface area contributed by atoms with Gasteiger partial charge in [-0.05, 0) is 25.5 Å². The van der Waals surface area contributed by atoms with Crippen LogP contribution in [0.5, 0.6) is 0 Å². The Morgan fingerprint density at radius 3 is 2.67 bits per heavy atom. The molecule has 0 spiro atoms. The Balaban J connectivity index is 1.49. The highest BCUT2D eigenvalue weighted by atomic mass is 16.5. The summed E-state index contributed by atoms with van der Waals surface area (Å²) in [6, 6.07) is 10.1. The standard InChI is InChI=1S/C19H23N3O2/c1-15-4-3-5-17(12-15)6-7-19(23)22-10-8-21(9-11-22)14-18-13-16(2)20-24-18/h3-7,12-13H,8-11,14H2,1-2H3/b7-6+. The van der Waals surface area contributed by atoms with Gasteiger partial charge in [0.05, 0.1) is 12.2 Å². The molecule has 0 saturated carbocycles. The topological polar surface area (TPSA) is 49.6 Å². The SMILES string of the molecule is Cc1cccc(/C=C/C(=O)N2CCN(Cc3cc(C)no3)CC2)c1. The molecule has 0 N–H and O–H groups in total. The zero-order chi connectivity index (χ0) is 16.9. The molecule has 1 amide bonds. The van der Waals surface area contributed by atoms with Crippen LogP contribution < -0.4 is 0 Å². The maximum atomic E-state index is 12.3. The van der Waals surface area contributed by atoms with Crippen LogP contribution >= 0.6 is 0 Å². The summed E-state index contributed by atoms with van der Waals surface area (Å²) >= 11 is 0. The first-order valence-corrected chi connectivity index (χ1v) is 8.28. The van der Waals surface area contributed by atoms with Gasteiger partial charge < -0.3 is 9.42 Å². The van der Waals surface area contributed by atoms with Crippen molar-refractivity contribution in [3.8, 4) is 0 Å². The summed E-state index contributed by atoms with van der Waals surface area (Å²) in [5.41, 5.74) is 3.16. The molecule has 3 rings (SSSR count). The first-order chi connectivity index (χ1) is 11.6. The number of carbonyl (C=O) groups is 1. The van der Waals surface area contributed by atoms with Crippen LogP contribution in [0.4, 0.5) is 0 Å². The van der Waals surface area contributed by atoms with Gasteiger partial charge in [0, 0.05) is 38.3 Å². The Labute approximate surface area is 142 Å². The predicted octanol–water partition coefficient (Wildman–Crippen LogP) is 2.65. The van der Waals surface area contributed by atoms with Gasteiger partial charge in [-0.1, -0.05) is 35.0 Å². The number of aromatic nitrogens is 1. The van der Waals surface area contributed by atoms with Gasteiger partial charge in [-0.2, -0.15) is 0 Å². The quantitative estimate of drug-likeness (QED) is 0.811. The summed E-state index contributed by atoms with van der Waals surface area (Å²) < 4.78 is 5.26. The summed E-state index contributed by atoms with van der Waals surface area (Å²) in [6.07, 6.45) is 3.56. The molecule has 1 saturated heterocycles. The molecule has 2 aromatic rings.